The number of aryl methyl sites for hydroxylation is 2. The molecule has 3 aromatic heterocycles. The third-order valence-corrected chi connectivity index (χ3v) is 12.2. The third kappa shape index (κ3) is 7.46. The first-order chi connectivity index (χ1) is 26.8. The van der Waals surface area contributed by atoms with Crippen molar-refractivity contribution in [1.82, 2.24) is 4.57 Å². The second-order valence-electron chi connectivity index (χ2n) is 13.4. The maximum Gasteiger partial charge on any atom is 0.346 e. The first-order valence-electron chi connectivity index (χ1n) is 18.1. The maximum atomic E-state index is 15.4. The standard InChI is InChI=1S/C42H34F8N2O2S2/c1-3-5-7-9-11-22-17-26(18-24(20-51)42(53)54)55-41(22)27-19-23(12-10-8-6-4-2)40(56-27)21-13-15-25(16-14-21)52-38-28(30(43)32(45)34(47)36(38)49)29-31(44)33(46)35(48)37(50)39(29)52/h13-19H,3-12H2,1-2H3,(H,53,54)/b24-18-. The quantitative estimate of drug-likeness (QED) is 0.0280. The summed E-state index contributed by atoms with van der Waals surface area (Å²) in [7, 11) is 0. The van der Waals surface area contributed by atoms with Crippen molar-refractivity contribution in [2.24, 2.45) is 0 Å². The summed E-state index contributed by atoms with van der Waals surface area (Å²) in [4.78, 5) is 14.9. The van der Waals surface area contributed by atoms with Gasteiger partial charge in [-0.15, -0.1) is 22.7 Å². The van der Waals surface area contributed by atoms with E-state index in [1.807, 2.05) is 6.07 Å². The average Bonchev–Trinajstić information content (AvgIpc) is 3.91. The van der Waals surface area contributed by atoms with Gasteiger partial charge in [-0.3, -0.25) is 0 Å². The Hall–Kier alpha value is -5.00. The fraction of sp³-hybridized carbons (Fsp3) is 0.286. The van der Waals surface area contributed by atoms with E-state index in [4.69, 9.17) is 0 Å². The molecule has 0 amide bonds. The molecule has 0 aliphatic rings. The van der Waals surface area contributed by atoms with Crippen molar-refractivity contribution < 1.29 is 45.0 Å². The highest BCUT2D eigenvalue weighted by Gasteiger charge is 2.33. The fourth-order valence-corrected chi connectivity index (χ4v) is 9.41. The molecule has 0 fully saturated rings. The van der Waals surface area contributed by atoms with E-state index >= 15 is 17.6 Å². The molecule has 6 aromatic rings. The van der Waals surface area contributed by atoms with Crippen molar-refractivity contribution >= 4 is 56.5 Å². The molecule has 0 atom stereocenters. The van der Waals surface area contributed by atoms with E-state index in [2.05, 4.69) is 19.9 Å². The topological polar surface area (TPSA) is 66.0 Å². The summed E-state index contributed by atoms with van der Waals surface area (Å²) in [5.74, 6) is -18.8. The lowest BCUT2D eigenvalue weighted by Gasteiger charge is -2.11. The Morgan fingerprint density at radius 3 is 1.66 bits per heavy atom. The van der Waals surface area contributed by atoms with Crippen LogP contribution in [0.25, 0.3) is 53.8 Å². The second-order valence-corrected chi connectivity index (χ2v) is 15.5. The molecule has 1 N–H and O–H groups in total. The number of carboxylic acid groups (broad SMARTS) is 1. The van der Waals surface area contributed by atoms with Crippen LogP contribution >= 0.6 is 22.7 Å². The number of rotatable bonds is 15. The number of thiophene rings is 2. The zero-order valence-electron chi connectivity index (χ0n) is 30.2. The lowest BCUT2D eigenvalue weighted by atomic mass is 10.0. The number of fused-ring (bicyclic) bond motifs is 3. The van der Waals surface area contributed by atoms with E-state index in [0.29, 0.717) is 21.4 Å². The average molecular weight is 815 g/mol. The van der Waals surface area contributed by atoms with Gasteiger partial charge in [-0.1, -0.05) is 64.5 Å². The van der Waals surface area contributed by atoms with E-state index in [-0.39, 0.29) is 5.69 Å². The lowest BCUT2D eigenvalue weighted by Crippen LogP contribution is -2.03. The van der Waals surface area contributed by atoms with E-state index < -0.39 is 79.9 Å². The Bertz CT molecular complexity index is 2470. The fourth-order valence-electron chi connectivity index (χ4n) is 6.90. The van der Waals surface area contributed by atoms with Crippen LogP contribution in [0.15, 0.2) is 42.0 Å². The zero-order valence-corrected chi connectivity index (χ0v) is 31.8. The van der Waals surface area contributed by atoms with Gasteiger partial charge in [0.05, 0.1) is 21.8 Å². The second kappa shape index (κ2) is 17.0. The van der Waals surface area contributed by atoms with Crippen LogP contribution in [0.4, 0.5) is 35.1 Å². The number of nitrogens with zero attached hydrogens (tertiary/aromatic N) is 2. The van der Waals surface area contributed by atoms with Gasteiger partial charge in [-0.2, -0.15) is 5.26 Å². The van der Waals surface area contributed by atoms with Crippen LogP contribution in [0.2, 0.25) is 0 Å². The largest absolute Gasteiger partial charge is 0.477 e. The van der Waals surface area contributed by atoms with Gasteiger partial charge >= 0.3 is 5.97 Å². The van der Waals surface area contributed by atoms with Gasteiger partial charge in [-0.25, -0.2) is 39.9 Å². The molecule has 0 aliphatic carbocycles. The van der Waals surface area contributed by atoms with Crippen molar-refractivity contribution in [3.63, 3.8) is 0 Å². The minimum absolute atomic E-state index is 0.209. The molecule has 3 aromatic carbocycles. The molecular formula is C42H34F8N2O2S2. The molecule has 0 bridgehead atoms. The van der Waals surface area contributed by atoms with Crippen molar-refractivity contribution in [3.8, 4) is 32.0 Å². The van der Waals surface area contributed by atoms with Gasteiger partial charge in [0.2, 0.25) is 0 Å². The minimum Gasteiger partial charge on any atom is -0.477 e. The molecule has 0 radical (unpaired) electrons. The predicted molar refractivity (Wildman–Crippen MR) is 204 cm³/mol. The molecule has 0 saturated carbocycles. The maximum absolute atomic E-state index is 15.4. The van der Waals surface area contributed by atoms with Gasteiger partial charge in [0.1, 0.15) is 11.6 Å². The number of nitriles is 1. The van der Waals surface area contributed by atoms with E-state index in [9.17, 15) is 32.7 Å². The third-order valence-electron chi connectivity index (χ3n) is 9.67. The predicted octanol–water partition coefficient (Wildman–Crippen LogP) is 13.6. The molecule has 56 heavy (non-hydrogen) atoms. The van der Waals surface area contributed by atoms with Crippen LogP contribution in [0, 0.1) is 57.9 Å². The SMILES string of the molecule is CCCCCCc1cc(-c2sc(/C=C(/C#N)C(=O)O)cc2CCCCCC)sc1-c1ccc(-n2c3c(F)c(F)c(F)c(F)c3c3c(F)c(F)c(F)c(F)c32)cc1. The van der Waals surface area contributed by atoms with E-state index in [1.54, 1.807) is 18.2 Å². The number of unbranched alkanes of at least 4 members (excludes halogenated alkanes) is 6. The van der Waals surface area contributed by atoms with Crippen molar-refractivity contribution in [1.29, 1.82) is 5.26 Å². The van der Waals surface area contributed by atoms with Gasteiger partial charge < -0.3 is 9.67 Å². The summed E-state index contributed by atoms with van der Waals surface area (Å²) in [5, 5.41) is 16.3. The van der Waals surface area contributed by atoms with Crippen LogP contribution in [-0.4, -0.2) is 15.6 Å². The Morgan fingerprint density at radius 2 is 1.18 bits per heavy atom. The number of aromatic nitrogens is 1. The van der Waals surface area contributed by atoms with Crippen LogP contribution in [0.3, 0.4) is 0 Å². The van der Waals surface area contributed by atoms with Gasteiger partial charge in [0.25, 0.3) is 0 Å². The highest BCUT2D eigenvalue weighted by atomic mass is 32.1. The highest BCUT2D eigenvalue weighted by Crippen LogP contribution is 2.45. The zero-order chi connectivity index (χ0) is 40.4. The van der Waals surface area contributed by atoms with Gasteiger partial charge in [0, 0.05) is 25.2 Å². The summed E-state index contributed by atoms with van der Waals surface area (Å²) in [6, 6.07) is 11.4. The summed E-state index contributed by atoms with van der Waals surface area (Å²) < 4.78 is 120. The number of aliphatic carboxylic acids is 1. The number of benzene rings is 3. The van der Waals surface area contributed by atoms with Crippen LogP contribution < -0.4 is 0 Å². The summed E-state index contributed by atoms with van der Waals surface area (Å²) in [6.07, 6.45) is 10.6. The molecule has 292 valence electrons. The number of carboxylic acids is 1. The van der Waals surface area contributed by atoms with Crippen LogP contribution in [-0.2, 0) is 17.6 Å². The van der Waals surface area contributed by atoms with Gasteiger partial charge in [-0.05, 0) is 72.7 Å². The molecule has 6 rings (SSSR count). The Labute approximate surface area is 324 Å². The highest BCUT2D eigenvalue weighted by molar-refractivity contribution is 7.24. The summed E-state index contributed by atoms with van der Waals surface area (Å²) in [6.45, 7) is 4.20. The summed E-state index contributed by atoms with van der Waals surface area (Å²) in [5.41, 5.74) is -0.303. The van der Waals surface area contributed by atoms with E-state index in [0.717, 1.165) is 83.5 Å². The monoisotopic (exact) mass is 814 g/mol. The molecule has 4 nitrogen and oxygen atoms in total. The lowest BCUT2D eigenvalue weighted by molar-refractivity contribution is -0.132. The van der Waals surface area contributed by atoms with Crippen LogP contribution in [0.1, 0.15) is 81.2 Å². The van der Waals surface area contributed by atoms with Gasteiger partial charge in [0.15, 0.2) is 46.5 Å². The molecule has 0 aliphatic heterocycles. The first-order valence-corrected chi connectivity index (χ1v) is 19.7. The molecule has 3 heterocycles. The molecule has 0 unspecified atom stereocenters. The molecular weight excluding hydrogens is 781 g/mol. The first kappa shape index (κ1) is 40.7. The Morgan fingerprint density at radius 1 is 0.679 bits per heavy atom. The number of hydrogen-bond donors (Lipinski definition) is 1. The van der Waals surface area contributed by atoms with Crippen LogP contribution in [0.5, 0.6) is 0 Å². The number of carbonyl (C=O) groups is 1. The smallest absolute Gasteiger partial charge is 0.346 e. The Balaban J connectivity index is 1.51. The normalized spacial score (nSPS) is 12.0. The van der Waals surface area contributed by atoms with Crippen molar-refractivity contribution in [2.75, 3.05) is 0 Å². The molecule has 0 spiro atoms. The van der Waals surface area contributed by atoms with E-state index in [1.165, 1.54) is 40.9 Å². The minimum atomic E-state index is -2.33. The number of halogens is 8. The number of hydrogen-bond acceptors (Lipinski definition) is 4. The molecule has 0 saturated heterocycles. The van der Waals surface area contributed by atoms with Crippen molar-refractivity contribution in [3.05, 3.63) is 105 Å². The Kier molecular flexibility index (Phi) is 12.4. The molecule has 14 heteroatoms. The van der Waals surface area contributed by atoms with Crippen molar-refractivity contribution in [2.45, 2.75) is 78.1 Å². The summed E-state index contributed by atoms with van der Waals surface area (Å²) >= 11 is 2.82.